The van der Waals surface area contributed by atoms with Crippen molar-refractivity contribution in [2.45, 2.75) is 32.5 Å². The molecule has 9 heteroatoms. The second kappa shape index (κ2) is 10.2. The average molecular weight is 518 g/mol. The zero-order chi connectivity index (χ0) is 26.9. The Labute approximate surface area is 218 Å². The second-order valence-electron chi connectivity index (χ2n) is 9.51. The van der Waals surface area contributed by atoms with Crippen LogP contribution in [-0.2, 0) is 25.6 Å². The van der Waals surface area contributed by atoms with Crippen molar-refractivity contribution in [1.29, 1.82) is 0 Å². The largest absolute Gasteiger partial charge is 0.416 e. The maximum absolute atomic E-state index is 13.1. The number of Topliss-reactive ketones (excluding diaryl/α,β-unsaturated/α-hetero) is 1. The fourth-order valence-corrected chi connectivity index (χ4v) is 4.52. The monoisotopic (exact) mass is 517 g/mol. The maximum Gasteiger partial charge on any atom is 0.416 e. The molecule has 0 fully saturated rings. The van der Waals surface area contributed by atoms with Gasteiger partial charge < -0.3 is 9.80 Å². The number of pyridine rings is 1. The minimum absolute atomic E-state index is 0.00968. The third kappa shape index (κ3) is 5.66. The van der Waals surface area contributed by atoms with Gasteiger partial charge in [0.15, 0.2) is 5.78 Å². The molecule has 4 aromatic rings. The molecular weight excluding hydrogens is 491 g/mol. The van der Waals surface area contributed by atoms with E-state index in [4.69, 9.17) is 4.98 Å². The molecule has 1 aliphatic rings. The van der Waals surface area contributed by atoms with Crippen molar-refractivity contribution < 1.29 is 18.0 Å². The van der Waals surface area contributed by atoms with Crippen LogP contribution in [0.25, 0.3) is 0 Å². The number of hydrogen-bond acceptors (Lipinski definition) is 6. The normalized spacial score (nSPS) is 13.4. The van der Waals surface area contributed by atoms with Crippen LogP contribution in [0.5, 0.6) is 0 Å². The summed E-state index contributed by atoms with van der Waals surface area (Å²) < 4.78 is 39.2. The van der Waals surface area contributed by atoms with E-state index in [0.29, 0.717) is 19.6 Å². The summed E-state index contributed by atoms with van der Waals surface area (Å²) in [4.78, 5) is 30.7. The van der Waals surface area contributed by atoms with E-state index in [1.807, 2.05) is 62.8 Å². The molecule has 2 aromatic carbocycles. The van der Waals surface area contributed by atoms with Crippen molar-refractivity contribution >= 4 is 17.3 Å². The Bertz CT molecular complexity index is 1470. The van der Waals surface area contributed by atoms with Gasteiger partial charge in [-0.2, -0.15) is 13.2 Å². The fourth-order valence-electron chi connectivity index (χ4n) is 4.52. The Morgan fingerprint density at radius 1 is 0.974 bits per heavy atom. The fraction of sp³-hybridized carbons (Fsp3) is 0.241. The van der Waals surface area contributed by atoms with E-state index < -0.39 is 11.7 Å². The van der Waals surface area contributed by atoms with Crippen LogP contribution in [-0.4, -0.2) is 34.5 Å². The molecule has 1 aliphatic heterocycles. The number of carbonyl (C=O) groups is 1. The van der Waals surface area contributed by atoms with Crippen molar-refractivity contribution in [2.24, 2.45) is 0 Å². The van der Waals surface area contributed by atoms with Crippen molar-refractivity contribution in [2.75, 3.05) is 23.5 Å². The van der Waals surface area contributed by atoms with Gasteiger partial charge in [0.2, 0.25) is 0 Å². The van der Waals surface area contributed by atoms with Gasteiger partial charge in [0.25, 0.3) is 0 Å². The quantitative estimate of drug-likeness (QED) is 0.309. The van der Waals surface area contributed by atoms with Gasteiger partial charge in [0.1, 0.15) is 11.6 Å². The van der Waals surface area contributed by atoms with Crippen LogP contribution in [0, 0.1) is 6.92 Å². The highest BCUT2D eigenvalue weighted by atomic mass is 19.4. The molecule has 0 saturated carbocycles. The lowest BCUT2D eigenvalue weighted by molar-refractivity contribution is -0.137. The van der Waals surface area contributed by atoms with Gasteiger partial charge in [-0.1, -0.05) is 30.3 Å². The van der Waals surface area contributed by atoms with Gasteiger partial charge in [-0.05, 0) is 48.4 Å². The summed E-state index contributed by atoms with van der Waals surface area (Å²) in [6.45, 7) is 3.13. The standard InChI is InChI=1S/C29H26F3N5O/c1-19-9-10-21(15-33-19)13-27-34-16-23-17-37(18-36(2)28(23)35-27)25-8-3-5-20(11-25)12-26(38)22-6-4-7-24(14-22)29(30,31)32/h3-11,14-16H,12-13,17-18H2,1-2H3. The third-order valence-corrected chi connectivity index (χ3v) is 6.48. The lowest BCUT2D eigenvalue weighted by atomic mass is 10.0. The van der Waals surface area contributed by atoms with Crippen LogP contribution in [0.2, 0.25) is 0 Å². The van der Waals surface area contributed by atoms with Crippen molar-refractivity contribution in [1.82, 2.24) is 15.0 Å². The van der Waals surface area contributed by atoms with Crippen molar-refractivity contribution in [3.63, 3.8) is 0 Å². The van der Waals surface area contributed by atoms with Crippen molar-refractivity contribution in [3.05, 3.63) is 112 Å². The van der Waals surface area contributed by atoms with E-state index in [2.05, 4.69) is 19.8 Å². The van der Waals surface area contributed by atoms with Gasteiger partial charge in [-0.25, -0.2) is 9.97 Å². The molecule has 5 rings (SSSR count). The molecule has 0 amide bonds. The molecule has 0 aliphatic carbocycles. The molecule has 0 bridgehead atoms. The zero-order valence-corrected chi connectivity index (χ0v) is 21.0. The highest BCUT2D eigenvalue weighted by Crippen LogP contribution is 2.31. The number of rotatable bonds is 6. The molecule has 0 radical (unpaired) electrons. The predicted octanol–water partition coefficient (Wildman–Crippen LogP) is 5.63. The molecule has 0 atom stereocenters. The number of aromatic nitrogens is 3. The Morgan fingerprint density at radius 3 is 2.55 bits per heavy atom. The summed E-state index contributed by atoms with van der Waals surface area (Å²) in [5.41, 5.74) is 3.86. The number of halogens is 3. The van der Waals surface area contributed by atoms with Gasteiger partial charge in [0.05, 0.1) is 12.2 Å². The van der Waals surface area contributed by atoms with E-state index in [0.717, 1.165) is 51.8 Å². The van der Waals surface area contributed by atoms with Crippen LogP contribution < -0.4 is 9.80 Å². The van der Waals surface area contributed by atoms with E-state index in [1.54, 1.807) is 0 Å². The van der Waals surface area contributed by atoms with E-state index in [-0.39, 0.29) is 17.8 Å². The number of hydrogen-bond donors (Lipinski definition) is 0. The van der Waals surface area contributed by atoms with Crippen molar-refractivity contribution in [3.8, 4) is 0 Å². The molecule has 0 N–H and O–H groups in total. The van der Waals surface area contributed by atoms with E-state index >= 15 is 0 Å². The number of anilines is 2. The molecule has 0 unspecified atom stereocenters. The molecule has 3 heterocycles. The summed E-state index contributed by atoms with van der Waals surface area (Å²) in [6.07, 6.45) is -0.192. The minimum atomic E-state index is -4.49. The average Bonchev–Trinajstić information content (AvgIpc) is 2.90. The van der Waals surface area contributed by atoms with Gasteiger partial charge >= 0.3 is 6.18 Å². The number of benzene rings is 2. The molecule has 194 valence electrons. The van der Waals surface area contributed by atoms with Gasteiger partial charge in [0, 0.05) is 61.3 Å². The molecule has 0 saturated heterocycles. The van der Waals surface area contributed by atoms with Crippen LogP contribution in [0.1, 0.15) is 44.1 Å². The molecule has 6 nitrogen and oxygen atoms in total. The first-order chi connectivity index (χ1) is 18.2. The molecule has 2 aromatic heterocycles. The number of nitrogens with zero attached hydrogens (tertiary/aromatic N) is 5. The predicted molar refractivity (Wildman–Crippen MR) is 139 cm³/mol. The summed E-state index contributed by atoms with van der Waals surface area (Å²) in [7, 11) is 1.97. The zero-order valence-electron chi connectivity index (χ0n) is 21.0. The minimum Gasteiger partial charge on any atom is -0.349 e. The van der Waals surface area contributed by atoms with Gasteiger partial charge in [-0.3, -0.25) is 9.78 Å². The molecule has 38 heavy (non-hydrogen) atoms. The number of carbonyl (C=O) groups excluding carboxylic acids is 1. The summed E-state index contributed by atoms with van der Waals surface area (Å²) in [5, 5.41) is 0. The highest BCUT2D eigenvalue weighted by Gasteiger charge is 2.31. The summed E-state index contributed by atoms with van der Waals surface area (Å²) in [6, 6.07) is 16.1. The number of fused-ring (bicyclic) bond motifs is 1. The third-order valence-electron chi connectivity index (χ3n) is 6.48. The van der Waals surface area contributed by atoms with Crippen LogP contribution in [0.15, 0.2) is 73.1 Å². The first kappa shape index (κ1) is 25.4. The number of aryl methyl sites for hydroxylation is 1. The summed E-state index contributed by atoms with van der Waals surface area (Å²) >= 11 is 0. The summed E-state index contributed by atoms with van der Waals surface area (Å²) in [5.74, 6) is 1.24. The first-order valence-electron chi connectivity index (χ1n) is 12.2. The topological polar surface area (TPSA) is 62.2 Å². The maximum atomic E-state index is 13.1. The van der Waals surface area contributed by atoms with Gasteiger partial charge in [-0.15, -0.1) is 0 Å². The number of ketones is 1. The first-order valence-corrected chi connectivity index (χ1v) is 12.2. The van der Waals surface area contributed by atoms with Crippen LogP contribution >= 0.6 is 0 Å². The smallest absolute Gasteiger partial charge is 0.349 e. The van der Waals surface area contributed by atoms with E-state index in [9.17, 15) is 18.0 Å². The Kier molecular flexibility index (Phi) is 6.84. The van der Waals surface area contributed by atoms with E-state index in [1.165, 1.54) is 12.1 Å². The number of alkyl halides is 3. The lowest BCUT2D eigenvalue weighted by Gasteiger charge is -2.36. The Balaban J connectivity index is 1.30. The highest BCUT2D eigenvalue weighted by molar-refractivity contribution is 5.97. The Hall–Kier alpha value is -4.27. The Morgan fingerprint density at radius 2 is 1.79 bits per heavy atom. The molecular formula is C29H26F3N5O. The second-order valence-corrected chi connectivity index (χ2v) is 9.51. The van der Waals surface area contributed by atoms with Crippen LogP contribution in [0.4, 0.5) is 24.7 Å². The lowest BCUT2D eigenvalue weighted by Crippen LogP contribution is -2.41. The van der Waals surface area contributed by atoms with Crippen LogP contribution in [0.3, 0.4) is 0 Å². The molecule has 0 spiro atoms. The SMILES string of the molecule is Cc1ccc(Cc2ncc3c(n2)N(C)CN(c2cccc(CC(=O)c4cccc(C(F)(F)F)c4)c2)C3)cn1.